The van der Waals surface area contributed by atoms with E-state index < -0.39 is 0 Å². The maximum absolute atomic E-state index is 14.0. The minimum Gasteiger partial charge on any atom is -0.488 e. The lowest BCUT2D eigenvalue weighted by Gasteiger charge is -2.22. The number of hydrogen-bond donors (Lipinski definition) is 0. The van der Waals surface area contributed by atoms with Crippen molar-refractivity contribution in [1.29, 1.82) is 0 Å². The molecule has 0 fully saturated rings. The zero-order valence-electron chi connectivity index (χ0n) is 14.5. The van der Waals surface area contributed by atoms with Crippen molar-refractivity contribution >= 4 is 16.9 Å². The summed E-state index contributed by atoms with van der Waals surface area (Å²) < 4.78 is 21.5. The normalized spacial score (nSPS) is 15.0. The van der Waals surface area contributed by atoms with Crippen LogP contribution in [0.4, 0.5) is 10.2 Å². The van der Waals surface area contributed by atoms with E-state index in [1.807, 2.05) is 10.7 Å². The molecule has 0 atom stereocenters. The van der Waals surface area contributed by atoms with Gasteiger partial charge in [0, 0.05) is 12.1 Å². The van der Waals surface area contributed by atoms with Crippen molar-refractivity contribution < 1.29 is 9.13 Å². The van der Waals surface area contributed by atoms with Gasteiger partial charge >= 0.3 is 0 Å². The van der Waals surface area contributed by atoms with E-state index in [0.29, 0.717) is 25.4 Å². The monoisotopic (exact) mass is 341 g/mol. The van der Waals surface area contributed by atoms with Crippen LogP contribution in [0.2, 0.25) is 0 Å². The highest BCUT2D eigenvalue weighted by atomic mass is 19.1. The van der Waals surface area contributed by atoms with Crippen LogP contribution in [-0.2, 0) is 12.1 Å². The number of nitrogens with zero attached hydrogens (tertiary/aromatic N) is 5. The Labute approximate surface area is 145 Å². The van der Waals surface area contributed by atoms with Crippen LogP contribution >= 0.6 is 0 Å². The second-order valence-electron chi connectivity index (χ2n) is 7.16. The van der Waals surface area contributed by atoms with Crippen LogP contribution < -0.4 is 9.64 Å². The van der Waals surface area contributed by atoms with E-state index in [9.17, 15) is 4.39 Å². The van der Waals surface area contributed by atoms with Crippen molar-refractivity contribution in [3.63, 3.8) is 0 Å². The quantitative estimate of drug-likeness (QED) is 0.681. The maximum atomic E-state index is 14.0. The van der Waals surface area contributed by atoms with Crippen molar-refractivity contribution in [2.75, 3.05) is 18.1 Å². The van der Waals surface area contributed by atoms with Crippen molar-refractivity contribution in [3.05, 3.63) is 42.1 Å². The summed E-state index contributed by atoms with van der Waals surface area (Å²) in [5, 5.41) is 5.39. The highest BCUT2D eigenvalue weighted by Gasteiger charge is 2.24. The molecule has 130 valence electrons. The van der Waals surface area contributed by atoms with Gasteiger partial charge in [-0.25, -0.2) is 19.0 Å². The zero-order chi connectivity index (χ0) is 17.6. The molecule has 0 amide bonds. The van der Waals surface area contributed by atoms with Gasteiger partial charge in [-0.2, -0.15) is 5.10 Å². The van der Waals surface area contributed by atoms with Crippen LogP contribution in [0.15, 0.2) is 30.7 Å². The number of aromatic nitrogens is 4. The second-order valence-corrected chi connectivity index (χ2v) is 7.16. The molecule has 0 saturated heterocycles. The minimum absolute atomic E-state index is 0.176. The second kappa shape index (κ2) is 5.68. The highest BCUT2D eigenvalue weighted by Crippen LogP contribution is 2.31. The summed E-state index contributed by atoms with van der Waals surface area (Å²) in [6.45, 7) is 7.79. The van der Waals surface area contributed by atoms with Crippen LogP contribution in [-0.4, -0.2) is 32.9 Å². The molecule has 7 heteroatoms. The van der Waals surface area contributed by atoms with Crippen LogP contribution in [0.5, 0.6) is 5.75 Å². The molecule has 1 aliphatic rings. The summed E-state index contributed by atoms with van der Waals surface area (Å²) in [5.41, 5.74) is 1.43. The van der Waals surface area contributed by atoms with Crippen LogP contribution in [0, 0.1) is 5.82 Å². The molecule has 0 aliphatic carbocycles. The van der Waals surface area contributed by atoms with Gasteiger partial charge in [-0.05, 0) is 26.8 Å². The molecular weight excluding hydrogens is 321 g/mol. The van der Waals surface area contributed by atoms with E-state index in [1.165, 1.54) is 6.07 Å². The summed E-state index contributed by atoms with van der Waals surface area (Å²) in [4.78, 5) is 11.0. The molecule has 1 aliphatic heterocycles. The van der Waals surface area contributed by atoms with Gasteiger partial charge in [-0.1, -0.05) is 12.1 Å². The Bertz CT molecular complexity index is 931. The van der Waals surface area contributed by atoms with Gasteiger partial charge in [0.2, 0.25) is 0 Å². The summed E-state index contributed by atoms with van der Waals surface area (Å²) in [5.74, 6) is 0.801. The van der Waals surface area contributed by atoms with E-state index in [1.54, 1.807) is 18.6 Å². The fourth-order valence-electron chi connectivity index (χ4n) is 3.14. The van der Waals surface area contributed by atoms with Crippen molar-refractivity contribution in [2.24, 2.45) is 0 Å². The maximum Gasteiger partial charge on any atom is 0.165 e. The average molecular weight is 341 g/mol. The van der Waals surface area contributed by atoms with Crippen molar-refractivity contribution in [3.8, 4) is 5.75 Å². The number of benzene rings is 1. The molecule has 0 bridgehead atoms. The lowest BCUT2D eigenvalue weighted by molar-refractivity contribution is 0.314. The van der Waals surface area contributed by atoms with E-state index >= 15 is 0 Å². The Morgan fingerprint density at radius 2 is 2.04 bits per heavy atom. The Morgan fingerprint density at radius 1 is 1.20 bits per heavy atom. The highest BCUT2D eigenvalue weighted by molar-refractivity contribution is 5.86. The van der Waals surface area contributed by atoms with Crippen LogP contribution in [0.3, 0.4) is 0 Å². The van der Waals surface area contributed by atoms with Crippen LogP contribution in [0.25, 0.3) is 11.0 Å². The van der Waals surface area contributed by atoms with Gasteiger partial charge in [0.05, 0.1) is 23.7 Å². The molecule has 0 radical (unpaired) electrons. The predicted octanol–water partition coefficient (Wildman–Crippen LogP) is 3.12. The summed E-state index contributed by atoms with van der Waals surface area (Å²) in [6.07, 6.45) is 3.36. The number of para-hydroxylation sites is 1. The summed E-state index contributed by atoms with van der Waals surface area (Å²) in [6, 6.07) is 5.01. The molecular formula is C18H20FN5O. The first kappa shape index (κ1) is 15.8. The lowest BCUT2D eigenvalue weighted by Crippen LogP contribution is -2.27. The third-order valence-corrected chi connectivity index (χ3v) is 4.30. The standard InChI is InChI=1S/C18H20FN5O/c1-18(2,3)24-17-13(9-22-24)16(20-11-21-17)23-7-8-25-15-12(10-23)5-4-6-14(15)19/h4-6,9,11H,7-8,10H2,1-3H3. The van der Waals surface area contributed by atoms with Gasteiger partial charge in [0.1, 0.15) is 18.8 Å². The van der Waals surface area contributed by atoms with E-state index in [0.717, 1.165) is 22.4 Å². The summed E-state index contributed by atoms with van der Waals surface area (Å²) >= 11 is 0. The molecule has 3 aromatic rings. The average Bonchev–Trinajstić information content (AvgIpc) is 2.89. The first-order valence-electron chi connectivity index (χ1n) is 8.29. The number of anilines is 1. The van der Waals surface area contributed by atoms with Gasteiger partial charge < -0.3 is 9.64 Å². The molecule has 0 spiro atoms. The fourth-order valence-corrected chi connectivity index (χ4v) is 3.14. The Hall–Kier alpha value is -2.70. The smallest absolute Gasteiger partial charge is 0.165 e. The van der Waals surface area contributed by atoms with E-state index in [4.69, 9.17) is 4.74 Å². The topological polar surface area (TPSA) is 56.1 Å². The Kier molecular flexibility index (Phi) is 3.59. The lowest BCUT2D eigenvalue weighted by atomic mass is 10.1. The zero-order valence-corrected chi connectivity index (χ0v) is 14.5. The molecule has 4 rings (SSSR count). The number of halogens is 1. The molecule has 0 saturated carbocycles. The largest absolute Gasteiger partial charge is 0.488 e. The number of ether oxygens (including phenoxy) is 1. The number of fused-ring (bicyclic) bond motifs is 2. The van der Waals surface area contributed by atoms with Crippen molar-refractivity contribution in [2.45, 2.75) is 32.9 Å². The van der Waals surface area contributed by atoms with E-state index in [-0.39, 0.29) is 11.4 Å². The Balaban J connectivity index is 1.79. The van der Waals surface area contributed by atoms with Crippen LogP contribution in [0.1, 0.15) is 26.3 Å². The number of hydrogen-bond acceptors (Lipinski definition) is 5. The number of rotatable bonds is 1. The molecule has 25 heavy (non-hydrogen) atoms. The third kappa shape index (κ3) is 2.69. The molecule has 3 heterocycles. The molecule has 6 nitrogen and oxygen atoms in total. The molecule has 0 unspecified atom stereocenters. The first-order chi connectivity index (χ1) is 11.9. The fraction of sp³-hybridized carbons (Fsp3) is 0.389. The third-order valence-electron chi connectivity index (χ3n) is 4.30. The SMILES string of the molecule is CC(C)(C)n1ncc2c(N3CCOc4c(F)cccc4C3)ncnc21. The predicted molar refractivity (Wildman–Crippen MR) is 93.3 cm³/mol. The summed E-state index contributed by atoms with van der Waals surface area (Å²) in [7, 11) is 0. The van der Waals surface area contributed by atoms with Gasteiger partial charge in [-0.15, -0.1) is 0 Å². The first-order valence-corrected chi connectivity index (χ1v) is 8.29. The minimum atomic E-state index is -0.326. The van der Waals surface area contributed by atoms with Crippen molar-refractivity contribution in [1.82, 2.24) is 19.7 Å². The molecule has 1 aromatic carbocycles. The van der Waals surface area contributed by atoms with Gasteiger partial charge in [0.25, 0.3) is 0 Å². The Morgan fingerprint density at radius 3 is 2.84 bits per heavy atom. The molecule has 2 aromatic heterocycles. The van der Waals surface area contributed by atoms with E-state index in [2.05, 4.69) is 40.7 Å². The molecule has 0 N–H and O–H groups in total. The van der Waals surface area contributed by atoms with Gasteiger partial charge in [0.15, 0.2) is 17.2 Å². The van der Waals surface area contributed by atoms with Gasteiger partial charge in [-0.3, -0.25) is 0 Å².